The van der Waals surface area contributed by atoms with Gasteiger partial charge in [-0.2, -0.15) is 4.68 Å². The van der Waals surface area contributed by atoms with Gasteiger partial charge < -0.3 is 9.52 Å². The third-order valence-electron chi connectivity index (χ3n) is 1.76. The minimum absolute atomic E-state index is 0.173. The lowest BCUT2D eigenvalue weighted by molar-refractivity contribution is 0.190. The number of benzene rings is 1. The summed E-state index contributed by atoms with van der Waals surface area (Å²) in [5.74, 6) is 0.421. The SMILES string of the molecule is OCn1nc(-c2ccccc2)oc1=S. The van der Waals surface area contributed by atoms with Crippen LogP contribution in [0.1, 0.15) is 0 Å². The summed E-state index contributed by atoms with van der Waals surface area (Å²) >= 11 is 4.85. The molecule has 4 nitrogen and oxygen atoms in total. The molecule has 0 bridgehead atoms. The Labute approximate surface area is 85.4 Å². The van der Waals surface area contributed by atoms with Crippen molar-refractivity contribution in [1.82, 2.24) is 9.78 Å². The van der Waals surface area contributed by atoms with Gasteiger partial charge in [0.1, 0.15) is 6.73 Å². The molecule has 1 aromatic heterocycles. The van der Waals surface area contributed by atoms with Gasteiger partial charge in [0.15, 0.2) is 0 Å². The number of nitrogens with zero attached hydrogens (tertiary/aromatic N) is 2. The lowest BCUT2D eigenvalue weighted by atomic mass is 10.2. The van der Waals surface area contributed by atoms with Gasteiger partial charge in [-0.3, -0.25) is 0 Å². The number of rotatable bonds is 2. The van der Waals surface area contributed by atoms with E-state index >= 15 is 0 Å². The third kappa shape index (κ3) is 1.59. The summed E-state index contributed by atoms with van der Waals surface area (Å²) in [5, 5.41) is 12.8. The van der Waals surface area contributed by atoms with Crippen LogP contribution in [0.5, 0.6) is 0 Å². The van der Waals surface area contributed by atoms with Gasteiger partial charge in [-0.15, -0.1) is 5.10 Å². The van der Waals surface area contributed by atoms with Crippen LogP contribution in [0.2, 0.25) is 0 Å². The molecule has 0 aliphatic carbocycles. The first kappa shape index (κ1) is 9.11. The molecule has 72 valence electrons. The number of aromatic nitrogens is 2. The molecule has 5 heteroatoms. The van der Waals surface area contributed by atoms with Crippen LogP contribution in [0.3, 0.4) is 0 Å². The van der Waals surface area contributed by atoms with Crippen LogP contribution in [0.15, 0.2) is 34.7 Å². The highest BCUT2D eigenvalue weighted by atomic mass is 32.1. The normalized spacial score (nSPS) is 10.4. The van der Waals surface area contributed by atoms with Crippen molar-refractivity contribution in [2.45, 2.75) is 6.73 Å². The topological polar surface area (TPSA) is 51.2 Å². The standard InChI is InChI=1S/C9H8N2O2S/c12-6-11-9(14)13-8(10-11)7-4-2-1-3-5-7/h1-5,12H,6H2. The fourth-order valence-corrected chi connectivity index (χ4v) is 1.27. The monoisotopic (exact) mass is 208 g/mol. The summed E-state index contributed by atoms with van der Waals surface area (Å²) in [6, 6.07) is 9.39. The molecule has 2 rings (SSSR count). The Balaban J connectivity index is 2.48. The minimum Gasteiger partial charge on any atom is -0.409 e. The minimum atomic E-state index is -0.269. The molecular formula is C9H8N2O2S. The number of aliphatic hydroxyl groups excluding tert-OH is 1. The predicted octanol–water partition coefficient (Wildman–Crippen LogP) is 1.82. The highest BCUT2D eigenvalue weighted by Crippen LogP contribution is 2.16. The molecule has 0 unspecified atom stereocenters. The van der Waals surface area contributed by atoms with E-state index in [9.17, 15) is 0 Å². The molecule has 0 aliphatic heterocycles. The molecular weight excluding hydrogens is 200 g/mol. The smallest absolute Gasteiger partial charge is 0.289 e. The van der Waals surface area contributed by atoms with Crippen LogP contribution >= 0.6 is 12.2 Å². The average molecular weight is 208 g/mol. The Kier molecular flexibility index (Phi) is 2.43. The quantitative estimate of drug-likeness (QED) is 0.765. The molecule has 1 aromatic carbocycles. The zero-order valence-corrected chi connectivity index (χ0v) is 8.07. The zero-order chi connectivity index (χ0) is 9.97. The molecule has 14 heavy (non-hydrogen) atoms. The van der Waals surface area contributed by atoms with E-state index in [1.165, 1.54) is 4.68 Å². The van der Waals surface area contributed by atoms with Crippen molar-refractivity contribution in [1.29, 1.82) is 0 Å². The molecule has 2 aromatic rings. The second-order valence-electron chi connectivity index (χ2n) is 2.68. The second-order valence-corrected chi connectivity index (χ2v) is 3.03. The van der Waals surface area contributed by atoms with Crippen LogP contribution in [0, 0.1) is 4.84 Å². The predicted molar refractivity (Wildman–Crippen MR) is 53.0 cm³/mol. The van der Waals surface area contributed by atoms with Crippen LogP contribution in [-0.2, 0) is 6.73 Å². The van der Waals surface area contributed by atoms with E-state index in [-0.39, 0.29) is 11.6 Å². The first-order valence-corrected chi connectivity index (χ1v) is 4.46. The van der Waals surface area contributed by atoms with Crippen molar-refractivity contribution >= 4 is 12.2 Å². The Morgan fingerprint density at radius 1 is 1.36 bits per heavy atom. The summed E-state index contributed by atoms with van der Waals surface area (Å²) < 4.78 is 6.42. The van der Waals surface area contributed by atoms with Gasteiger partial charge in [0.2, 0.25) is 5.89 Å². The molecule has 0 atom stereocenters. The van der Waals surface area contributed by atoms with E-state index in [4.69, 9.17) is 21.7 Å². The zero-order valence-electron chi connectivity index (χ0n) is 7.25. The third-order valence-corrected chi connectivity index (χ3v) is 2.06. The van der Waals surface area contributed by atoms with Gasteiger partial charge >= 0.3 is 0 Å². The lowest BCUT2D eigenvalue weighted by Gasteiger charge is -1.91. The van der Waals surface area contributed by atoms with E-state index in [0.717, 1.165) is 5.56 Å². The van der Waals surface area contributed by atoms with E-state index in [2.05, 4.69) is 5.10 Å². The summed E-state index contributed by atoms with van der Waals surface area (Å²) in [7, 11) is 0. The number of aliphatic hydroxyl groups is 1. The van der Waals surface area contributed by atoms with Crippen LogP contribution in [0.25, 0.3) is 11.5 Å². The van der Waals surface area contributed by atoms with Gasteiger partial charge in [0, 0.05) is 5.56 Å². The van der Waals surface area contributed by atoms with E-state index in [1.54, 1.807) is 0 Å². The Bertz CT molecular complexity index is 475. The van der Waals surface area contributed by atoms with Crippen molar-refractivity contribution in [2.24, 2.45) is 0 Å². The van der Waals surface area contributed by atoms with Crippen molar-refractivity contribution < 1.29 is 9.52 Å². The summed E-state index contributed by atoms with van der Waals surface area (Å²) in [4.78, 5) is 0.173. The average Bonchev–Trinajstić information content (AvgIpc) is 2.61. The molecule has 1 N–H and O–H groups in total. The van der Waals surface area contributed by atoms with E-state index in [1.807, 2.05) is 30.3 Å². The molecule has 0 saturated carbocycles. The largest absolute Gasteiger partial charge is 0.409 e. The number of hydrogen-bond donors (Lipinski definition) is 1. The summed E-state index contributed by atoms with van der Waals surface area (Å²) in [5.41, 5.74) is 0.839. The molecule has 0 saturated heterocycles. The molecule has 0 aliphatic rings. The van der Waals surface area contributed by atoms with E-state index < -0.39 is 0 Å². The first-order chi connectivity index (χ1) is 6.81. The summed E-state index contributed by atoms with van der Waals surface area (Å²) in [6.07, 6.45) is 0. The van der Waals surface area contributed by atoms with Gasteiger partial charge in [-0.1, -0.05) is 18.2 Å². The molecule has 0 radical (unpaired) electrons. The highest BCUT2D eigenvalue weighted by Gasteiger charge is 2.05. The maximum Gasteiger partial charge on any atom is 0.289 e. The van der Waals surface area contributed by atoms with Crippen LogP contribution < -0.4 is 0 Å². The van der Waals surface area contributed by atoms with Gasteiger partial charge in [-0.25, -0.2) is 0 Å². The molecule has 0 spiro atoms. The van der Waals surface area contributed by atoms with E-state index in [0.29, 0.717) is 5.89 Å². The Hall–Kier alpha value is -1.46. The van der Waals surface area contributed by atoms with Crippen molar-refractivity contribution in [3.8, 4) is 11.5 Å². The summed E-state index contributed by atoms with van der Waals surface area (Å²) in [6.45, 7) is -0.269. The van der Waals surface area contributed by atoms with Gasteiger partial charge in [-0.05, 0) is 24.4 Å². The lowest BCUT2D eigenvalue weighted by Crippen LogP contribution is -1.98. The first-order valence-electron chi connectivity index (χ1n) is 4.05. The highest BCUT2D eigenvalue weighted by molar-refractivity contribution is 7.71. The maximum atomic E-state index is 8.85. The van der Waals surface area contributed by atoms with Gasteiger partial charge in [0.25, 0.3) is 4.84 Å². The number of hydrogen-bond acceptors (Lipinski definition) is 4. The van der Waals surface area contributed by atoms with Crippen LogP contribution in [-0.4, -0.2) is 14.9 Å². The molecule has 1 heterocycles. The van der Waals surface area contributed by atoms with Gasteiger partial charge in [0.05, 0.1) is 0 Å². The second kappa shape index (κ2) is 3.73. The molecule has 0 fully saturated rings. The van der Waals surface area contributed by atoms with Crippen LogP contribution in [0.4, 0.5) is 0 Å². The Morgan fingerprint density at radius 2 is 2.07 bits per heavy atom. The van der Waals surface area contributed by atoms with Crippen molar-refractivity contribution in [3.63, 3.8) is 0 Å². The molecule has 0 amide bonds. The van der Waals surface area contributed by atoms with Crippen molar-refractivity contribution in [3.05, 3.63) is 35.2 Å². The maximum absolute atomic E-state index is 8.85. The van der Waals surface area contributed by atoms with Crippen molar-refractivity contribution in [2.75, 3.05) is 0 Å². The fourth-order valence-electron chi connectivity index (χ4n) is 1.09. The Morgan fingerprint density at radius 3 is 2.64 bits per heavy atom. The fraction of sp³-hybridized carbons (Fsp3) is 0.111.